The summed E-state index contributed by atoms with van der Waals surface area (Å²) in [6.07, 6.45) is 2.27. The Labute approximate surface area is 148 Å². The number of carbonyl (C=O) groups excluding carboxylic acids is 1. The Balaban J connectivity index is 0.00000208. The van der Waals surface area contributed by atoms with Gasteiger partial charge in [0.15, 0.2) is 0 Å². The predicted molar refractivity (Wildman–Crippen MR) is 94.5 cm³/mol. The first kappa shape index (κ1) is 18.3. The van der Waals surface area contributed by atoms with Crippen molar-refractivity contribution >= 4 is 35.3 Å². The monoisotopic (exact) mass is 368 g/mol. The van der Waals surface area contributed by atoms with Crippen LogP contribution in [0.4, 0.5) is 5.69 Å². The molecule has 1 aromatic heterocycles. The fourth-order valence-corrected chi connectivity index (χ4v) is 3.03. The third-order valence-electron chi connectivity index (χ3n) is 3.79. The average Bonchev–Trinajstić information content (AvgIpc) is 3.29. The van der Waals surface area contributed by atoms with Crippen LogP contribution in [0, 0.1) is 16.0 Å². The van der Waals surface area contributed by atoms with Gasteiger partial charge in [0, 0.05) is 35.7 Å². The first-order valence-electron chi connectivity index (χ1n) is 7.28. The number of nitrogens with zero attached hydrogens (tertiary/aromatic N) is 2. The number of nitrogens with two attached hydrogens (primary N) is 1. The van der Waals surface area contributed by atoms with Crippen LogP contribution in [0.2, 0.25) is 0 Å². The highest BCUT2D eigenvalue weighted by molar-refractivity contribution is 7.13. The topological polar surface area (TPSA) is 111 Å². The Bertz CT molecular complexity index is 731. The van der Waals surface area contributed by atoms with Gasteiger partial charge in [-0.15, -0.1) is 23.7 Å². The molecule has 1 heterocycles. The summed E-state index contributed by atoms with van der Waals surface area (Å²) in [6, 6.07) is 6.10. The number of nitro benzene ring substituents is 1. The van der Waals surface area contributed by atoms with Gasteiger partial charge >= 0.3 is 0 Å². The molecule has 7 nitrogen and oxygen atoms in total. The summed E-state index contributed by atoms with van der Waals surface area (Å²) in [5.74, 6) is 0.284. The fraction of sp³-hybridized carbons (Fsp3) is 0.333. The molecule has 0 aliphatic heterocycles. The Morgan fingerprint density at radius 1 is 1.42 bits per heavy atom. The van der Waals surface area contributed by atoms with Crippen molar-refractivity contribution in [2.24, 2.45) is 11.7 Å². The fourth-order valence-electron chi connectivity index (χ4n) is 2.23. The van der Waals surface area contributed by atoms with E-state index in [2.05, 4.69) is 10.3 Å². The first-order valence-corrected chi connectivity index (χ1v) is 8.16. The van der Waals surface area contributed by atoms with Crippen molar-refractivity contribution in [3.05, 3.63) is 45.5 Å². The van der Waals surface area contributed by atoms with Crippen molar-refractivity contribution < 1.29 is 9.72 Å². The van der Waals surface area contributed by atoms with Gasteiger partial charge in [-0.05, 0) is 30.9 Å². The van der Waals surface area contributed by atoms with E-state index in [0.717, 1.165) is 18.4 Å². The van der Waals surface area contributed by atoms with E-state index in [1.54, 1.807) is 17.5 Å². The second-order valence-electron chi connectivity index (χ2n) is 5.55. The number of nitro groups is 1. The van der Waals surface area contributed by atoms with Gasteiger partial charge in [0.05, 0.1) is 4.92 Å². The molecule has 1 aliphatic rings. The zero-order chi connectivity index (χ0) is 16.4. The number of thiazole rings is 1. The van der Waals surface area contributed by atoms with Crippen LogP contribution in [-0.4, -0.2) is 28.4 Å². The van der Waals surface area contributed by atoms with Gasteiger partial charge in [-0.1, -0.05) is 0 Å². The van der Waals surface area contributed by atoms with E-state index in [9.17, 15) is 14.9 Å². The van der Waals surface area contributed by atoms with Crippen molar-refractivity contribution in [1.29, 1.82) is 0 Å². The van der Waals surface area contributed by atoms with E-state index in [4.69, 9.17) is 5.73 Å². The predicted octanol–water partition coefficient (Wildman–Crippen LogP) is 2.61. The van der Waals surface area contributed by atoms with Crippen LogP contribution in [0.5, 0.6) is 0 Å². The van der Waals surface area contributed by atoms with Crippen LogP contribution < -0.4 is 11.1 Å². The van der Waals surface area contributed by atoms with Crippen LogP contribution >= 0.6 is 23.7 Å². The maximum absolute atomic E-state index is 12.1. The summed E-state index contributed by atoms with van der Waals surface area (Å²) < 4.78 is 0. The van der Waals surface area contributed by atoms with Crippen LogP contribution in [0.1, 0.15) is 23.3 Å². The summed E-state index contributed by atoms with van der Waals surface area (Å²) in [6.45, 7) is 0.452. The highest BCUT2D eigenvalue weighted by Gasteiger charge is 2.28. The van der Waals surface area contributed by atoms with E-state index in [1.165, 1.54) is 23.5 Å². The second-order valence-corrected chi connectivity index (χ2v) is 6.41. The molecule has 1 saturated carbocycles. The largest absolute Gasteiger partial charge is 0.349 e. The molecule has 9 heteroatoms. The maximum atomic E-state index is 12.1. The van der Waals surface area contributed by atoms with E-state index >= 15 is 0 Å². The lowest BCUT2D eigenvalue weighted by Gasteiger charge is -2.10. The Morgan fingerprint density at radius 2 is 2.08 bits per heavy atom. The van der Waals surface area contributed by atoms with Gasteiger partial charge in [-0.25, -0.2) is 4.98 Å². The quantitative estimate of drug-likeness (QED) is 0.601. The minimum absolute atomic E-state index is 0. The third kappa shape index (κ3) is 4.28. The molecule has 128 valence electrons. The molecule has 1 aliphatic carbocycles. The van der Waals surface area contributed by atoms with Gasteiger partial charge in [-0.2, -0.15) is 0 Å². The number of aromatic nitrogens is 1. The van der Waals surface area contributed by atoms with Crippen molar-refractivity contribution in [2.45, 2.75) is 18.9 Å². The van der Waals surface area contributed by atoms with Crippen molar-refractivity contribution in [3.8, 4) is 10.6 Å². The molecule has 0 radical (unpaired) electrons. The van der Waals surface area contributed by atoms with Crippen molar-refractivity contribution in [3.63, 3.8) is 0 Å². The summed E-state index contributed by atoms with van der Waals surface area (Å²) in [4.78, 5) is 26.6. The molecule has 3 N–H and O–H groups in total. The van der Waals surface area contributed by atoms with Crippen LogP contribution in [-0.2, 0) is 0 Å². The molecular formula is C15H17ClN4O3S. The maximum Gasteiger partial charge on any atom is 0.270 e. The summed E-state index contributed by atoms with van der Waals surface area (Å²) in [7, 11) is 0. The number of hydrogen-bond acceptors (Lipinski definition) is 6. The third-order valence-corrected chi connectivity index (χ3v) is 4.68. The van der Waals surface area contributed by atoms with Gasteiger partial charge in [-0.3, -0.25) is 14.9 Å². The number of carbonyl (C=O) groups is 1. The number of benzene rings is 1. The SMILES string of the molecule is Cl.NC(CNC(=O)c1csc(-c2ccc([N+](=O)[O-])cc2)n1)C1CC1. The Kier molecular flexibility index (Phi) is 5.87. The van der Waals surface area contributed by atoms with E-state index < -0.39 is 4.92 Å². The number of rotatable bonds is 6. The zero-order valence-corrected chi connectivity index (χ0v) is 14.3. The molecule has 1 unspecified atom stereocenters. The van der Waals surface area contributed by atoms with Gasteiger partial charge < -0.3 is 11.1 Å². The van der Waals surface area contributed by atoms with Gasteiger partial charge in [0.25, 0.3) is 11.6 Å². The lowest BCUT2D eigenvalue weighted by atomic mass is 10.2. The molecule has 3 rings (SSSR count). The minimum Gasteiger partial charge on any atom is -0.349 e. The molecule has 1 atom stereocenters. The number of nitrogens with one attached hydrogen (secondary N) is 1. The molecule has 1 amide bonds. The van der Waals surface area contributed by atoms with Crippen LogP contribution in [0.15, 0.2) is 29.6 Å². The highest BCUT2D eigenvalue weighted by Crippen LogP contribution is 2.31. The number of amides is 1. The van der Waals surface area contributed by atoms with Crippen LogP contribution in [0.25, 0.3) is 10.6 Å². The first-order chi connectivity index (χ1) is 11.0. The molecule has 2 aromatic rings. The molecule has 1 aromatic carbocycles. The normalized spacial score (nSPS) is 14.5. The Hall–Kier alpha value is -2.03. The second kappa shape index (κ2) is 7.69. The summed E-state index contributed by atoms with van der Waals surface area (Å²) in [5, 5.41) is 15.8. The lowest BCUT2D eigenvalue weighted by molar-refractivity contribution is -0.384. The van der Waals surface area contributed by atoms with Gasteiger partial charge in [0.2, 0.25) is 0 Å². The summed E-state index contributed by atoms with van der Waals surface area (Å²) in [5.41, 5.74) is 7.06. The highest BCUT2D eigenvalue weighted by atomic mass is 35.5. The Morgan fingerprint density at radius 3 is 2.67 bits per heavy atom. The molecule has 24 heavy (non-hydrogen) atoms. The lowest BCUT2D eigenvalue weighted by Crippen LogP contribution is -2.38. The molecule has 0 spiro atoms. The van der Waals surface area contributed by atoms with E-state index in [1.807, 2.05) is 0 Å². The van der Waals surface area contributed by atoms with E-state index in [0.29, 0.717) is 23.2 Å². The average molecular weight is 369 g/mol. The molecule has 1 fully saturated rings. The minimum atomic E-state index is -0.451. The number of non-ortho nitro benzene ring substituents is 1. The molecule has 0 bridgehead atoms. The smallest absolute Gasteiger partial charge is 0.270 e. The molecule has 0 saturated heterocycles. The van der Waals surface area contributed by atoms with Crippen LogP contribution in [0.3, 0.4) is 0 Å². The van der Waals surface area contributed by atoms with E-state index in [-0.39, 0.29) is 30.0 Å². The standard InChI is InChI=1S/C15H16N4O3S.ClH/c16-12(9-1-2-9)7-17-14(20)13-8-23-15(18-13)10-3-5-11(6-4-10)19(21)22;/h3-6,8-9,12H,1-2,7,16H2,(H,17,20);1H. The zero-order valence-electron chi connectivity index (χ0n) is 12.7. The molecular weight excluding hydrogens is 352 g/mol. The van der Waals surface area contributed by atoms with Crippen molar-refractivity contribution in [1.82, 2.24) is 10.3 Å². The number of hydrogen-bond donors (Lipinski definition) is 2. The summed E-state index contributed by atoms with van der Waals surface area (Å²) >= 11 is 1.33. The van der Waals surface area contributed by atoms with Gasteiger partial charge in [0.1, 0.15) is 10.7 Å². The van der Waals surface area contributed by atoms with Crippen molar-refractivity contribution in [2.75, 3.05) is 6.54 Å². The number of halogens is 1.